The molecule has 0 aliphatic carbocycles. The van der Waals surface area contributed by atoms with E-state index in [0.717, 1.165) is 21.3 Å². The number of aryl methyl sites for hydroxylation is 1. The summed E-state index contributed by atoms with van der Waals surface area (Å²) < 4.78 is 6.80. The first-order valence-corrected chi connectivity index (χ1v) is 10.5. The fourth-order valence-electron chi connectivity index (χ4n) is 3.43. The molecule has 31 heavy (non-hydrogen) atoms. The predicted octanol–water partition coefficient (Wildman–Crippen LogP) is 4.95. The molecule has 0 saturated heterocycles. The standard InChI is InChI=1S/C24H17N3O3S/c1-15-6-4-10-21-22(15)26-24(31-21)27(14-16-7-5-11-25-13-16)23(29)20-12-18(28)17-8-2-3-9-19(17)30-20/h2-13H,14H2,1H3. The third-order valence-corrected chi connectivity index (χ3v) is 6.04. The third-order valence-electron chi connectivity index (χ3n) is 4.99. The van der Waals surface area contributed by atoms with Crippen molar-refractivity contribution in [1.82, 2.24) is 9.97 Å². The van der Waals surface area contributed by atoms with E-state index in [1.165, 1.54) is 22.3 Å². The van der Waals surface area contributed by atoms with Crippen LogP contribution >= 0.6 is 11.3 Å². The smallest absolute Gasteiger partial charge is 0.296 e. The highest BCUT2D eigenvalue weighted by atomic mass is 32.1. The highest BCUT2D eigenvalue weighted by molar-refractivity contribution is 7.22. The Bertz CT molecular complexity index is 1470. The quantitative estimate of drug-likeness (QED) is 0.405. The monoisotopic (exact) mass is 427 g/mol. The summed E-state index contributed by atoms with van der Waals surface area (Å²) in [5.41, 5.74) is 2.85. The van der Waals surface area contributed by atoms with Gasteiger partial charge in [0.15, 0.2) is 16.3 Å². The number of hydrogen-bond acceptors (Lipinski definition) is 6. The molecule has 3 aromatic heterocycles. The minimum atomic E-state index is -0.427. The Hall–Kier alpha value is -3.84. The van der Waals surface area contributed by atoms with Gasteiger partial charge in [-0.15, -0.1) is 0 Å². The van der Waals surface area contributed by atoms with E-state index in [0.29, 0.717) is 16.1 Å². The lowest BCUT2D eigenvalue weighted by Gasteiger charge is -2.19. The van der Waals surface area contributed by atoms with Crippen LogP contribution in [-0.2, 0) is 6.54 Å². The van der Waals surface area contributed by atoms with Gasteiger partial charge in [0.05, 0.1) is 22.1 Å². The molecule has 2 aromatic carbocycles. The SMILES string of the molecule is Cc1cccc2sc(N(Cc3cccnc3)C(=O)c3cc(=O)c4ccccc4o3)nc12. The van der Waals surface area contributed by atoms with Crippen LogP contribution in [-0.4, -0.2) is 15.9 Å². The maximum absolute atomic E-state index is 13.5. The van der Waals surface area contributed by atoms with Crippen LogP contribution in [0.4, 0.5) is 5.13 Å². The maximum atomic E-state index is 13.5. The first kappa shape index (κ1) is 19.1. The van der Waals surface area contributed by atoms with E-state index >= 15 is 0 Å². The van der Waals surface area contributed by atoms with Crippen LogP contribution in [0.3, 0.4) is 0 Å². The summed E-state index contributed by atoms with van der Waals surface area (Å²) in [7, 11) is 0. The first-order chi connectivity index (χ1) is 15.1. The normalized spacial score (nSPS) is 11.1. The zero-order valence-corrected chi connectivity index (χ0v) is 17.4. The van der Waals surface area contributed by atoms with Gasteiger partial charge in [-0.25, -0.2) is 4.98 Å². The van der Waals surface area contributed by atoms with Gasteiger partial charge in [-0.05, 0) is 42.3 Å². The summed E-state index contributed by atoms with van der Waals surface area (Å²) in [6.07, 6.45) is 3.38. The summed E-state index contributed by atoms with van der Waals surface area (Å²) in [5, 5.41) is 0.974. The minimum Gasteiger partial charge on any atom is -0.451 e. The van der Waals surface area contributed by atoms with Gasteiger partial charge in [-0.2, -0.15) is 0 Å². The van der Waals surface area contributed by atoms with Crippen LogP contribution < -0.4 is 10.3 Å². The van der Waals surface area contributed by atoms with Crippen molar-refractivity contribution in [1.29, 1.82) is 0 Å². The molecule has 0 radical (unpaired) electrons. The Morgan fingerprint density at radius 3 is 2.77 bits per heavy atom. The van der Waals surface area contributed by atoms with E-state index in [4.69, 9.17) is 9.40 Å². The van der Waals surface area contributed by atoms with Gasteiger partial charge in [0, 0.05) is 18.5 Å². The molecule has 152 valence electrons. The maximum Gasteiger partial charge on any atom is 0.296 e. The van der Waals surface area contributed by atoms with Crippen molar-refractivity contribution in [2.75, 3.05) is 4.90 Å². The number of fused-ring (bicyclic) bond motifs is 2. The first-order valence-electron chi connectivity index (χ1n) is 9.70. The summed E-state index contributed by atoms with van der Waals surface area (Å²) in [6, 6.07) is 17.8. The Morgan fingerprint density at radius 1 is 1.10 bits per heavy atom. The van der Waals surface area contributed by atoms with E-state index < -0.39 is 5.91 Å². The average molecular weight is 427 g/mol. The van der Waals surface area contributed by atoms with E-state index in [2.05, 4.69) is 4.98 Å². The average Bonchev–Trinajstić information content (AvgIpc) is 3.23. The molecule has 0 bridgehead atoms. The van der Waals surface area contributed by atoms with E-state index in [-0.39, 0.29) is 17.7 Å². The summed E-state index contributed by atoms with van der Waals surface area (Å²) in [6.45, 7) is 2.24. The molecular formula is C24H17N3O3S. The lowest BCUT2D eigenvalue weighted by atomic mass is 10.2. The zero-order chi connectivity index (χ0) is 21.4. The van der Waals surface area contributed by atoms with E-state index in [1.54, 1.807) is 36.7 Å². The summed E-state index contributed by atoms with van der Waals surface area (Å²) in [5.74, 6) is -0.452. The summed E-state index contributed by atoms with van der Waals surface area (Å²) in [4.78, 5) is 36.5. The molecule has 1 amide bonds. The molecule has 3 heterocycles. The Morgan fingerprint density at radius 2 is 1.97 bits per heavy atom. The molecule has 0 N–H and O–H groups in total. The number of hydrogen-bond donors (Lipinski definition) is 0. The largest absolute Gasteiger partial charge is 0.451 e. The van der Waals surface area contributed by atoms with Gasteiger partial charge in [0.25, 0.3) is 5.91 Å². The number of anilines is 1. The fraction of sp³-hybridized carbons (Fsp3) is 0.0833. The van der Waals surface area contributed by atoms with Crippen LogP contribution in [0.2, 0.25) is 0 Å². The van der Waals surface area contributed by atoms with Gasteiger partial charge in [0.1, 0.15) is 5.58 Å². The minimum absolute atomic E-state index is 0.0245. The zero-order valence-electron chi connectivity index (χ0n) is 16.6. The summed E-state index contributed by atoms with van der Waals surface area (Å²) >= 11 is 1.42. The van der Waals surface area contributed by atoms with Crippen LogP contribution in [0.5, 0.6) is 0 Å². The van der Waals surface area contributed by atoms with Crippen LogP contribution in [0, 0.1) is 6.92 Å². The molecule has 0 atom stereocenters. The van der Waals surface area contributed by atoms with Crippen molar-refractivity contribution in [2.45, 2.75) is 13.5 Å². The molecule has 5 aromatic rings. The highest BCUT2D eigenvalue weighted by Crippen LogP contribution is 2.32. The fourth-order valence-corrected chi connectivity index (χ4v) is 4.47. The molecule has 7 heteroatoms. The Kier molecular flexibility index (Phi) is 4.80. The van der Waals surface area contributed by atoms with Crippen molar-refractivity contribution >= 4 is 43.6 Å². The lowest BCUT2D eigenvalue weighted by molar-refractivity contribution is 0.0959. The molecule has 0 spiro atoms. The molecule has 0 fully saturated rings. The molecule has 5 rings (SSSR count). The second-order valence-electron chi connectivity index (χ2n) is 7.14. The third kappa shape index (κ3) is 3.60. The number of aromatic nitrogens is 2. The number of para-hydroxylation sites is 2. The lowest BCUT2D eigenvalue weighted by Crippen LogP contribution is -2.31. The number of rotatable bonds is 4. The molecule has 6 nitrogen and oxygen atoms in total. The molecule has 0 aliphatic heterocycles. The molecule has 0 unspecified atom stereocenters. The van der Waals surface area contributed by atoms with E-state index in [1.807, 2.05) is 37.3 Å². The van der Waals surface area contributed by atoms with Crippen LogP contribution in [0.1, 0.15) is 21.7 Å². The van der Waals surface area contributed by atoms with Gasteiger partial charge < -0.3 is 4.42 Å². The molecule has 0 aliphatic rings. The topological polar surface area (TPSA) is 76.3 Å². The van der Waals surface area contributed by atoms with Crippen molar-refractivity contribution in [3.8, 4) is 0 Å². The predicted molar refractivity (Wildman–Crippen MR) is 122 cm³/mol. The second kappa shape index (κ2) is 7.77. The number of benzene rings is 2. The van der Waals surface area contributed by atoms with Crippen molar-refractivity contribution in [3.05, 3.63) is 100 Å². The van der Waals surface area contributed by atoms with Crippen molar-refractivity contribution in [2.24, 2.45) is 0 Å². The van der Waals surface area contributed by atoms with E-state index in [9.17, 15) is 9.59 Å². The van der Waals surface area contributed by atoms with Crippen LogP contribution in [0.25, 0.3) is 21.2 Å². The van der Waals surface area contributed by atoms with Crippen LogP contribution in [0.15, 0.2) is 82.3 Å². The van der Waals surface area contributed by atoms with Crippen molar-refractivity contribution < 1.29 is 9.21 Å². The number of pyridine rings is 1. The molecular weight excluding hydrogens is 410 g/mol. The highest BCUT2D eigenvalue weighted by Gasteiger charge is 2.25. The number of thiazole rings is 1. The Labute approximate surface area is 181 Å². The second-order valence-corrected chi connectivity index (χ2v) is 8.15. The van der Waals surface area contributed by atoms with Gasteiger partial charge in [0.2, 0.25) is 0 Å². The van der Waals surface area contributed by atoms with Gasteiger partial charge >= 0.3 is 0 Å². The number of amides is 1. The number of carbonyl (C=O) groups excluding carboxylic acids is 1. The number of carbonyl (C=O) groups is 1. The van der Waals surface area contributed by atoms with Gasteiger partial charge in [-0.1, -0.05) is 41.7 Å². The molecule has 0 saturated carbocycles. The van der Waals surface area contributed by atoms with Gasteiger partial charge in [-0.3, -0.25) is 19.5 Å². The van der Waals surface area contributed by atoms with Crippen molar-refractivity contribution in [3.63, 3.8) is 0 Å². The Balaban J connectivity index is 1.63. The number of nitrogens with zero attached hydrogens (tertiary/aromatic N) is 3.